The number of anilines is 1. The number of methoxy groups -OCH3 is 1. The minimum atomic E-state index is -3.72. The first-order valence-electron chi connectivity index (χ1n) is 9.67. The Balaban J connectivity index is 1.81. The number of hydrogen-bond acceptors (Lipinski definition) is 10. The van der Waals surface area contributed by atoms with Crippen molar-refractivity contribution >= 4 is 38.1 Å². The van der Waals surface area contributed by atoms with Crippen LogP contribution < -0.4 is 10.0 Å². The minimum Gasteiger partial charge on any atom is -0.387 e. The molecule has 1 amide bonds. The maximum absolute atomic E-state index is 12.9. The lowest BCUT2D eigenvalue weighted by molar-refractivity contribution is -0.110. The number of oxime groups is 1. The predicted octanol–water partition coefficient (Wildman–Crippen LogP) is 1.73. The predicted molar refractivity (Wildman–Crippen MR) is 122 cm³/mol. The summed E-state index contributed by atoms with van der Waals surface area (Å²) in [6.07, 6.45) is 4.76. The molecule has 0 aliphatic rings. The molecule has 3 aromatic rings. The van der Waals surface area contributed by atoms with E-state index in [9.17, 15) is 13.2 Å². The van der Waals surface area contributed by atoms with Gasteiger partial charge in [-0.1, -0.05) is 17.3 Å². The van der Waals surface area contributed by atoms with Crippen LogP contribution >= 0.6 is 11.3 Å². The van der Waals surface area contributed by atoms with Gasteiger partial charge in [-0.25, -0.2) is 28.1 Å². The molecule has 1 aromatic carbocycles. The molecular formula is C20H22N6O5S2. The van der Waals surface area contributed by atoms with Crippen molar-refractivity contribution in [3.05, 3.63) is 65.2 Å². The van der Waals surface area contributed by atoms with Gasteiger partial charge in [-0.15, -0.1) is 11.3 Å². The van der Waals surface area contributed by atoms with E-state index < -0.39 is 15.9 Å². The van der Waals surface area contributed by atoms with Gasteiger partial charge in [-0.3, -0.25) is 10.1 Å². The molecule has 174 valence electrons. The molecule has 0 aliphatic carbocycles. The summed E-state index contributed by atoms with van der Waals surface area (Å²) in [7, 11) is -2.24. The number of carbonyl (C=O) groups is 1. The Morgan fingerprint density at radius 2 is 1.88 bits per heavy atom. The van der Waals surface area contributed by atoms with E-state index in [4.69, 9.17) is 9.57 Å². The smallest absolute Gasteiger partial charge is 0.280 e. The van der Waals surface area contributed by atoms with Crippen LogP contribution in [0.3, 0.4) is 0 Å². The second-order valence-electron chi connectivity index (χ2n) is 6.52. The average Bonchev–Trinajstić information content (AvgIpc) is 3.22. The summed E-state index contributed by atoms with van der Waals surface area (Å²) in [6, 6.07) is 7.36. The van der Waals surface area contributed by atoms with E-state index in [-0.39, 0.29) is 30.4 Å². The topological polar surface area (TPSA) is 145 Å². The Hall–Kier alpha value is -3.26. The number of aryl methyl sites for hydroxylation is 1. The van der Waals surface area contributed by atoms with Gasteiger partial charge in [0.1, 0.15) is 0 Å². The summed E-state index contributed by atoms with van der Waals surface area (Å²) in [4.78, 5) is 31.3. The fraction of sp³-hybridized carbons (Fsp3) is 0.250. The summed E-state index contributed by atoms with van der Waals surface area (Å²) < 4.78 is 32.0. The molecule has 11 nitrogen and oxygen atoms in total. The van der Waals surface area contributed by atoms with E-state index in [0.29, 0.717) is 16.5 Å². The number of sulfonamides is 1. The number of carbonyl (C=O) groups excluding carboxylic acids is 1. The highest BCUT2D eigenvalue weighted by molar-refractivity contribution is 7.89. The third-order valence-corrected chi connectivity index (χ3v) is 6.37. The molecule has 0 unspecified atom stereocenters. The lowest BCUT2D eigenvalue weighted by Crippen LogP contribution is -2.27. The van der Waals surface area contributed by atoms with Gasteiger partial charge in [-0.2, -0.15) is 0 Å². The molecule has 0 saturated heterocycles. The van der Waals surface area contributed by atoms with Crippen molar-refractivity contribution in [3.63, 3.8) is 0 Å². The van der Waals surface area contributed by atoms with Crippen molar-refractivity contribution in [2.75, 3.05) is 25.6 Å². The summed E-state index contributed by atoms with van der Waals surface area (Å²) in [5, 5.41) is 7.04. The van der Waals surface area contributed by atoms with Crippen molar-refractivity contribution in [1.29, 1.82) is 0 Å². The zero-order chi connectivity index (χ0) is 23.7. The summed E-state index contributed by atoms with van der Waals surface area (Å²) >= 11 is 1.31. The highest BCUT2D eigenvalue weighted by Crippen LogP contribution is 2.18. The van der Waals surface area contributed by atoms with Crippen molar-refractivity contribution < 1.29 is 22.8 Å². The lowest BCUT2D eigenvalue weighted by Gasteiger charge is -2.09. The number of aromatic nitrogens is 3. The number of thiazole rings is 1. The zero-order valence-electron chi connectivity index (χ0n) is 17.9. The van der Waals surface area contributed by atoms with Crippen LogP contribution in [0.5, 0.6) is 0 Å². The largest absolute Gasteiger partial charge is 0.387 e. The van der Waals surface area contributed by atoms with E-state index in [1.54, 1.807) is 24.7 Å². The zero-order valence-corrected chi connectivity index (χ0v) is 19.5. The van der Waals surface area contributed by atoms with Crippen LogP contribution in [0.1, 0.15) is 16.3 Å². The Morgan fingerprint density at radius 3 is 2.52 bits per heavy atom. The lowest BCUT2D eigenvalue weighted by atomic mass is 10.1. The number of nitrogens with zero attached hydrogens (tertiary/aromatic N) is 4. The maximum Gasteiger partial charge on any atom is 0.280 e. The fourth-order valence-corrected chi connectivity index (χ4v) is 4.18. The van der Waals surface area contributed by atoms with Crippen LogP contribution in [0.25, 0.3) is 0 Å². The van der Waals surface area contributed by atoms with Gasteiger partial charge in [-0.05, 0) is 25.1 Å². The van der Waals surface area contributed by atoms with E-state index >= 15 is 0 Å². The van der Waals surface area contributed by atoms with Crippen molar-refractivity contribution in [1.82, 2.24) is 19.7 Å². The van der Waals surface area contributed by atoms with Crippen LogP contribution in [0, 0.1) is 6.92 Å². The molecule has 0 radical (unpaired) electrons. The summed E-state index contributed by atoms with van der Waals surface area (Å²) in [5.41, 5.74) is 0.292. The first-order chi connectivity index (χ1) is 15.9. The summed E-state index contributed by atoms with van der Waals surface area (Å²) in [5.74, 6) is -0.174. The number of nitrogens with one attached hydrogen (secondary N) is 2. The van der Waals surface area contributed by atoms with Crippen molar-refractivity contribution in [3.8, 4) is 0 Å². The first kappa shape index (κ1) is 24.4. The highest BCUT2D eigenvalue weighted by Gasteiger charge is 2.19. The second-order valence-corrected chi connectivity index (χ2v) is 9.53. The quantitative estimate of drug-likeness (QED) is 0.235. The Kier molecular flexibility index (Phi) is 8.54. The normalized spacial score (nSPS) is 11.9. The number of ether oxygens (including phenoxy) is 1. The molecule has 0 bridgehead atoms. The van der Waals surface area contributed by atoms with E-state index in [1.807, 2.05) is 6.92 Å². The molecule has 0 fully saturated rings. The third kappa shape index (κ3) is 7.12. The molecule has 2 heterocycles. The first-order valence-corrected chi connectivity index (χ1v) is 12.0. The average molecular weight is 491 g/mol. The van der Waals surface area contributed by atoms with E-state index in [2.05, 4.69) is 30.1 Å². The van der Waals surface area contributed by atoms with Crippen LogP contribution in [-0.4, -0.2) is 55.3 Å². The standard InChI is InChI=1S/C20H22N6O5S2/c1-14-12-23-20(32-14)25-19(27)18(26-31-13-17-21-8-3-9-22-17)15-4-6-16(7-5-15)33(28,29)24-10-11-30-2/h3-9,12,24H,10-11,13H2,1-2H3,(H,23,25,27)/b26-18+. The van der Waals surface area contributed by atoms with Gasteiger partial charge in [0, 0.05) is 42.7 Å². The molecule has 0 saturated carbocycles. The number of amides is 1. The number of hydrogen-bond donors (Lipinski definition) is 2. The van der Waals surface area contributed by atoms with Crippen LogP contribution in [0.2, 0.25) is 0 Å². The van der Waals surface area contributed by atoms with Crippen molar-refractivity contribution in [2.24, 2.45) is 5.16 Å². The van der Waals surface area contributed by atoms with Gasteiger partial charge >= 0.3 is 0 Å². The number of benzene rings is 1. The van der Waals surface area contributed by atoms with Gasteiger partial charge < -0.3 is 9.57 Å². The van der Waals surface area contributed by atoms with Crippen molar-refractivity contribution in [2.45, 2.75) is 18.4 Å². The van der Waals surface area contributed by atoms with E-state index in [0.717, 1.165) is 4.88 Å². The summed E-state index contributed by atoms with van der Waals surface area (Å²) in [6.45, 7) is 2.19. The molecule has 3 rings (SSSR count). The second kappa shape index (κ2) is 11.6. The Labute approximate surface area is 194 Å². The molecular weight excluding hydrogens is 468 g/mol. The van der Waals surface area contributed by atoms with Crippen LogP contribution in [0.15, 0.2) is 59.0 Å². The Bertz CT molecular complexity index is 1200. The third-order valence-electron chi connectivity index (χ3n) is 4.06. The monoisotopic (exact) mass is 490 g/mol. The molecule has 0 aliphatic heterocycles. The maximum atomic E-state index is 12.9. The highest BCUT2D eigenvalue weighted by atomic mass is 32.2. The van der Waals surface area contributed by atoms with Gasteiger partial charge in [0.05, 0.1) is 11.5 Å². The Morgan fingerprint density at radius 1 is 1.15 bits per heavy atom. The molecule has 0 atom stereocenters. The SMILES string of the molecule is COCCNS(=O)(=O)c1ccc(/C(=N\OCc2ncccn2)C(=O)Nc2ncc(C)s2)cc1. The van der Waals surface area contributed by atoms with Gasteiger partial charge in [0.2, 0.25) is 10.0 Å². The fourth-order valence-electron chi connectivity index (χ4n) is 2.51. The van der Waals surface area contributed by atoms with Gasteiger partial charge in [0.25, 0.3) is 5.91 Å². The molecule has 33 heavy (non-hydrogen) atoms. The van der Waals surface area contributed by atoms with Crippen LogP contribution in [-0.2, 0) is 31.0 Å². The number of rotatable bonds is 11. The molecule has 2 N–H and O–H groups in total. The van der Waals surface area contributed by atoms with E-state index in [1.165, 1.54) is 42.7 Å². The van der Waals surface area contributed by atoms with Gasteiger partial charge in [0.15, 0.2) is 23.3 Å². The minimum absolute atomic E-state index is 0.0382. The molecule has 2 aromatic heterocycles. The molecule has 0 spiro atoms. The van der Waals surface area contributed by atoms with Crippen LogP contribution in [0.4, 0.5) is 5.13 Å². The molecule has 13 heteroatoms.